The van der Waals surface area contributed by atoms with Gasteiger partial charge in [-0.2, -0.15) is 0 Å². The van der Waals surface area contributed by atoms with Gasteiger partial charge < -0.3 is 20.2 Å². The molecule has 0 aromatic heterocycles. The molecule has 0 aliphatic carbocycles. The van der Waals surface area contributed by atoms with Crippen LogP contribution >= 0.6 is 0 Å². The number of carbonyl (C=O) groups is 2. The van der Waals surface area contributed by atoms with Gasteiger partial charge in [0.05, 0.1) is 0 Å². The van der Waals surface area contributed by atoms with Crippen LogP contribution in [0.5, 0.6) is 11.5 Å². The Bertz CT molecular complexity index is 607. The fourth-order valence-corrected chi connectivity index (χ4v) is 3.08. The van der Waals surface area contributed by atoms with E-state index in [0.29, 0.717) is 18.4 Å². The van der Waals surface area contributed by atoms with Crippen molar-refractivity contribution in [2.75, 3.05) is 7.05 Å². The Hall–Kier alpha value is -2.50. The van der Waals surface area contributed by atoms with E-state index in [1.807, 2.05) is 13.8 Å². The van der Waals surface area contributed by atoms with E-state index < -0.39 is 23.3 Å². The van der Waals surface area contributed by atoms with E-state index in [1.54, 1.807) is 6.07 Å². The third kappa shape index (κ3) is 3.31. The number of rotatable bonds is 7. The molecule has 1 amide bonds. The van der Waals surface area contributed by atoms with E-state index in [2.05, 4.69) is 6.58 Å². The summed E-state index contributed by atoms with van der Waals surface area (Å²) >= 11 is 0. The van der Waals surface area contributed by atoms with Gasteiger partial charge in [-0.3, -0.25) is 4.79 Å². The highest BCUT2D eigenvalue weighted by atomic mass is 16.4. The number of hydrogen-bond donors (Lipinski definition) is 3. The molecule has 23 heavy (non-hydrogen) atoms. The molecule has 126 valence electrons. The van der Waals surface area contributed by atoms with Gasteiger partial charge in [-0.25, -0.2) is 4.79 Å². The van der Waals surface area contributed by atoms with Crippen LogP contribution in [0, 0.1) is 0 Å². The van der Waals surface area contributed by atoms with Crippen molar-refractivity contribution >= 4 is 11.9 Å². The fraction of sp³-hybridized carbons (Fsp3) is 0.412. The topological polar surface area (TPSA) is 98.1 Å². The Morgan fingerprint density at radius 2 is 1.83 bits per heavy atom. The molecule has 1 aromatic carbocycles. The number of phenols is 2. The third-order valence-corrected chi connectivity index (χ3v) is 4.48. The molecule has 0 bridgehead atoms. The molecule has 3 N–H and O–H groups in total. The number of aliphatic carboxylic acids is 1. The lowest BCUT2D eigenvalue weighted by Crippen LogP contribution is -2.55. The Kier molecular flexibility index (Phi) is 5.79. The zero-order valence-corrected chi connectivity index (χ0v) is 13.6. The summed E-state index contributed by atoms with van der Waals surface area (Å²) in [6.45, 7) is 7.06. The number of nitrogens with zero attached hydrogens (tertiary/aromatic N) is 1. The van der Waals surface area contributed by atoms with E-state index in [0.717, 1.165) is 11.0 Å². The second-order valence-electron chi connectivity index (χ2n) is 5.46. The van der Waals surface area contributed by atoms with Gasteiger partial charge in [-0.15, -0.1) is 0 Å². The molecule has 1 atom stereocenters. The van der Waals surface area contributed by atoms with Crippen LogP contribution in [0.4, 0.5) is 0 Å². The number of aromatic hydroxyl groups is 2. The highest BCUT2D eigenvalue weighted by Crippen LogP contribution is 2.40. The first-order valence-electron chi connectivity index (χ1n) is 7.39. The summed E-state index contributed by atoms with van der Waals surface area (Å²) in [6.07, 6.45) is 1.93. The number of carboxylic acids is 1. The van der Waals surface area contributed by atoms with Crippen LogP contribution in [0.25, 0.3) is 0 Å². The summed E-state index contributed by atoms with van der Waals surface area (Å²) in [6, 6.07) is 3.11. The first kappa shape index (κ1) is 18.5. The number of carboxylic acid groups (broad SMARTS) is 1. The molecule has 1 unspecified atom stereocenters. The van der Waals surface area contributed by atoms with E-state index in [9.17, 15) is 24.9 Å². The molecule has 0 fully saturated rings. The zero-order chi connectivity index (χ0) is 17.8. The molecule has 1 aromatic rings. The Labute approximate surface area is 135 Å². The number of amides is 1. The number of likely N-dealkylation sites (N-methyl/N-ethyl adjacent to an activating group) is 1. The average molecular weight is 321 g/mol. The molecule has 6 nitrogen and oxygen atoms in total. The maximum absolute atomic E-state index is 11.9. The number of carbonyl (C=O) groups excluding carboxylic acids is 1. The molecule has 0 aliphatic rings. The minimum Gasteiger partial charge on any atom is -0.504 e. The summed E-state index contributed by atoms with van der Waals surface area (Å²) in [4.78, 5) is 25.0. The second-order valence-corrected chi connectivity index (χ2v) is 5.46. The highest BCUT2D eigenvalue weighted by molar-refractivity contribution is 5.91. The van der Waals surface area contributed by atoms with Crippen LogP contribution in [0.3, 0.4) is 0 Å². The first-order chi connectivity index (χ1) is 10.7. The molecule has 0 aliphatic heterocycles. The SMILES string of the molecule is C=CC(=O)N(C)C(C(=O)O)C(CC)(CC)c1ccc(O)c(O)c1. The summed E-state index contributed by atoms with van der Waals surface area (Å²) in [5.74, 6) is -2.24. The lowest BCUT2D eigenvalue weighted by atomic mass is 9.69. The van der Waals surface area contributed by atoms with Crippen molar-refractivity contribution < 1.29 is 24.9 Å². The maximum Gasteiger partial charge on any atom is 0.327 e. The molecular weight excluding hydrogens is 298 g/mol. The molecule has 0 saturated carbocycles. The molecule has 0 spiro atoms. The van der Waals surface area contributed by atoms with Crippen molar-refractivity contribution in [1.82, 2.24) is 4.90 Å². The standard InChI is InChI=1S/C17H23NO5/c1-5-14(21)18(4)15(16(22)23)17(6-2,7-3)11-8-9-12(19)13(20)10-11/h5,8-10,15,19-20H,1,6-7H2,2-4H3,(H,22,23). The average Bonchev–Trinajstić information content (AvgIpc) is 2.53. The van der Waals surface area contributed by atoms with Gasteiger partial charge in [0.2, 0.25) is 5.91 Å². The van der Waals surface area contributed by atoms with E-state index >= 15 is 0 Å². The van der Waals surface area contributed by atoms with Crippen molar-refractivity contribution in [3.05, 3.63) is 36.4 Å². The molecule has 1 rings (SSSR count). The van der Waals surface area contributed by atoms with Crippen molar-refractivity contribution in [2.45, 2.75) is 38.1 Å². The van der Waals surface area contributed by atoms with Crippen molar-refractivity contribution in [1.29, 1.82) is 0 Å². The predicted octanol–water partition coefficient (Wildman–Crippen LogP) is 2.25. The maximum atomic E-state index is 11.9. The fourth-order valence-electron chi connectivity index (χ4n) is 3.08. The summed E-state index contributed by atoms with van der Waals surface area (Å²) in [5.41, 5.74) is -0.362. The van der Waals surface area contributed by atoms with Crippen LogP contribution in [0.1, 0.15) is 32.3 Å². The first-order valence-corrected chi connectivity index (χ1v) is 7.39. The van der Waals surface area contributed by atoms with Crippen LogP contribution < -0.4 is 0 Å². The van der Waals surface area contributed by atoms with Gasteiger partial charge in [0.25, 0.3) is 0 Å². The number of phenolic OH excluding ortho intramolecular Hbond substituents is 2. The number of benzene rings is 1. The van der Waals surface area contributed by atoms with Gasteiger partial charge in [-0.1, -0.05) is 26.5 Å². The quantitative estimate of drug-likeness (QED) is 0.528. The number of hydrogen-bond acceptors (Lipinski definition) is 4. The molecule has 0 heterocycles. The van der Waals surface area contributed by atoms with Gasteiger partial charge in [0.15, 0.2) is 11.5 Å². The molecule has 6 heteroatoms. The van der Waals surface area contributed by atoms with Crippen LogP contribution in [-0.4, -0.2) is 45.2 Å². The van der Waals surface area contributed by atoms with E-state index in [1.165, 1.54) is 19.2 Å². The van der Waals surface area contributed by atoms with Crippen molar-refractivity contribution in [2.24, 2.45) is 0 Å². The zero-order valence-electron chi connectivity index (χ0n) is 13.6. The minimum atomic E-state index is -1.14. The van der Waals surface area contributed by atoms with Crippen molar-refractivity contribution in [3.8, 4) is 11.5 Å². The molecular formula is C17H23NO5. The lowest BCUT2D eigenvalue weighted by Gasteiger charge is -2.42. The summed E-state index contributed by atoms with van der Waals surface area (Å²) in [5, 5.41) is 29.0. The molecule has 0 radical (unpaired) electrons. The van der Waals surface area contributed by atoms with E-state index in [-0.39, 0.29) is 11.5 Å². The molecule has 0 saturated heterocycles. The Morgan fingerprint density at radius 1 is 1.26 bits per heavy atom. The Balaban J connectivity index is 3.55. The second kappa shape index (κ2) is 7.17. The lowest BCUT2D eigenvalue weighted by molar-refractivity contribution is -0.151. The minimum absolute atomic E-state index is 0.280. The normalized spacial score (nSPS) is 12.5. The summed E-state index contributed by atoms with van der Waals surface area (Å²) in [7, 11) is 1.42. The third-order valence-electron chi connectivity index (χ3n) is 4.48. The van der Waals surface area contributed by atoms with Crippen LogP contribution in [0.15, 0.2) is 30.9 Å². The van der Waals surface area contributed by atoms with Crippen LogP contribution in [-0.2, 0) is 15.0 Å². The van der Waals surface area contributed by atoms with E-state index in [4.69, 9.17) is 0 Å². The van der Waals surface area contributed by atoms with Crippen molar-refractivity contribution in [3.63, 3.8) is 0 Å². The van der Waals surface area contributed by atoms with Gasteiger partial charge in [-0.05, 0) is 36.6 Å². The van der Waals surface area contributed by atoms with Gasteiger partial charge in [0, 0.05) is 12.5 Å². The predicted molar refractivity (Wildman–Crippen MR) is 86.4 cm³/mol. The van der Waals surface area contributed by atoms with Crippen LogP contribution in [0.2, 0.25) is 0 Å². The van der Waals surface area contributed by atoms with Gasteiger partial charge in [0.1, 0.15) is 6.04 Å². The smallest absolute Gasteiger partial charge is 0.327 e. The highest BCUT2D eigenvalue weighted by Gasteiger charge is 2.45. The monoisotopic (exact) mass is 321 g/mol. The largest absolute Gasteiger partial charge is 0.504 e. The van der Waals surface area contributed by atoms with Gasteiger partial charge >= 0.3 is 5.97 Å². The Morgan fingerprint density at radius 3 is 2.22 bits per heavy atom. The summed E-state index contributed by atoms with van der Waals surface area (Å²) < 4.78 is 0.